The lowest BCUT2D eigenvalue weighted by Crippen LogP contribution is -2.26. The van der Waals surface area contributed by atoms with Crippen LogP contribution in [0.4, 0.5) is 0 Å². The van der Waals surface area contributed by atoms with Gasteiger partial charge in [-0.05, 0) is 37.0 Å². The van der Waals surface area contributed by atoms with Gasteiger partial charge in [-0.2, -0.15) is 0 Å². The number of nitrogens with zero attached hydrogens (tertiary/aromatic N) is 5. The van der Waals surface area contributed by atoms with Gasteiger partial charge in [0.15, 0.2) is 0 Å². The summed E-state index contributed by atoms with van der Waals surface area (Å²) in [5, 5.41) is 8.57. The number of aromatic nitrogens is 4. The van der Waals surface area contributed by atoms with E-state index in [1.807, 2.05) is 12.4 Å². The largest absolute Gasteiger partial charge is 0.310 e. The van der Waals surface area contributed by atoms with E-state index in [-0.39, 0.29) is 0 Å². The quantitative estimate of drug-likeness (QED) is 0.831. The lowest BCUT2D eigenvalue weighted by atomic mass is 9.94. The molecular weight excluding hydrogens is 250 g/mol. The third-order valence-electron chi connectivity index (χ3n) is 4.64. The molecule has 1 saturated heterocycles. The summed E-state index contributed by atoms with van der Waals surface area (Å²) in [7, 11) is 0. The fraction of sp³-hybridized carbons (Fsp3) is 0.533. The van der Waals surface area contributed by atoms with Crippen molar-refractivity contribution in [1.82, 2.24) is 24.6 Å². The first kappa shape index (κ1) is 12.0. The van der Waals surface area contributed by atoms with E-state index in [1.54, 1.807) is 0 Å². The van der Waals surface area contributed by atoms with Crippen LogP contribution in [0.3, 0.4) is 0 Å². The number of likely N-dealkylation sites (tertiary alicyclic amines) is 1. The predicted octanol–water partition coefficient (Wildman–Crippen LogP) is 1.60. The Bertz CT molecular complexity index is 606. The zero-order valence-corrected chi connectivity index (χ0v) is 11.7. The number of pyridine rings is 1. The molecule has 0 N–H and O–H groups in total. The molecule has 104 valence electrons. The normalized spacial score (nSPS) is 25.4. The van der Waals surface area contributed by atoms with Gasteiger partial charge in [0.25, 0.3) is 0 Å². The minimum absolute atomic E-state index is 0.565. The van der Waals surface area contributed by atoms with Crippen LogP contribution in [0, 0.1) is 12.8 Å². The van der Waals surface area contributed by atoms with Crippen LogP contribution < -0.4 is 0 Å². The molecule has 1 fully saturated rings. The fourth-order valence-corrected chi connectivity index (χ4v) is 3.72. The number of hydrogen-bond donors (Lipinski definition) is 0. The molecular formula is C15H19N5. The standard InChI is InChI=1S/C15H19N5/c1-11-17-18-15-3-2-13-9-19(10-14(13)20(11)15)8-12-4-6-16-7-5-12/h4-7,13-14H,2-3,8-10H2,1H3/t13-,14+/m1/s1. The Morgan fingerprint density at radius 1 is 1.20 bits per heavy atom. The van der Waals surface area contributed by atoms with Crippen molar-refractivity contribution in [2.45, 2.75) is 32.4 Å². The SMILES string of the molecule is Cc1nnc2n1[C@H]1CN(Cc3ccncc3)C[C@H]1CC2. The van der Waals surface area contributed by atoms with E-state index < -0.39 is 0 Å². The maximum absolute atomic E-state index is 4.31. The number of fused-ring (bicyclic) bond motifs is 3. The van der Waals surface area contributed by atoms with Gasteiger partial charge in [0.05, 0.1) is 6.04 Å². The van der Waals surface area contributed by atoms with Gasteiger partial charge in [0, 0.05) is 38.4 Å². The Balaban J connectivity index is 1.54. The second kappa shape index (κ2) is 4.66. The highest BCUT2D eigenvalue weighted by Gasteiger charge is 2.38. The van der Waals surface area contributed by atoms with Crippen LogP contribution in [0.2, 0.25) is 0 Å². The van der Waals surface area contributed by atoms with E-state index in [4.69, 9.17) is 0 Å². The molecule has 0 bridgehead atoms. The first-order chi connectivity index (χ1) is 9.81. The molecule has 5 nitrogen and oxygen atoms in total. The molecule has 2 aromatic rings. The number of rotatable bonds is 2. The van der Waals surface area contributed by atoms with Gasteiger partial charge in [-0.3, -0.25) is 9.88 Å². The van der Waals surface area contributed by atoms with Gasteiger partial charge in [-0.1, -0.05) is 0 Å². The second-order valence-corrected chi connectivity index (χ2v) is 5.95. The number of aryl methyl sites for hydroxylation is 2. The smallest absolute Gasteiger partial charge is 0.133 e. The van der Waals surface area contributed by atoms with Crippen LogP contribution >= 0.6 is 0 Å². The molecule has 0 radical (unpaired) electrons. The third kappa shape index (κ3) is 1.93. The Hall–Kier alpha value is -1.75. The summed E-state index contributed by atoms with van der Waals surface area (Å²) < 4.78 is 2.38. The van der Waals surface area contributed by atoms with Crippen LogP contribution in [-0.2, 0) is 13.0 Å². The first-order valence-electron chi connectivity index (χ1n) is 7.33. The second-order valence-electron chi connectivity index (χ2n) is 5.95. The van der Waals surface area contributed by atoms with Crippen LogP contribution in [0.5, 0.6) is 0 Å². The summed E-state index contributed by atoms with van der Waals surface area (Å²) in [6, 6.07) is 4.78. The Labute approximate surface area is 118 Å². The van der Waals surface area contributed by atoms with E-state index in [0.29, 0.717) is 6.04 Å². The summed E-state index contributed by atoms with van der Waals surface area (Å²) in [5.74, 6) is 2.99. The van der Waals surface area contributed by atoms with E-state index in [2.05, 4.69) is 43.7 Å². The first-order valence-corrected chi connectivity index (χ1v) is 7.33. The average molecular weight is 269 g/mol. The topological polar surface area (TPSA) is 46.8 Å². The summed E-state index contributed by atoms with van der Waals surface area (Å²) in [6.07, 6.45) is 6.07. The van der Waals surface area contributed by atoms with Gasteiger partial charge >= 0.3 is 0 Å². The highest BCUT2D eigenvalue weighted by atomic mass is 15.3. The van der Waals surface area contributed by atoms with Crippen molar-refractivity contribution in [3.63, 3.8) is 0 Å². The third-order valence-corrected chi connectivity index (χ3v) is 4.64. The molecule has 0 spiro atoms. The van der Waals surface area contributed by atoms with Crippen molar-refractivity contribution in [2.75, 3.05) is 13.1 Å². The molecule has 0 aliphatic carbocycles. The maximum Gasteiger partial charge on any atom is 0.133 e. The zero-order chi connectivity index (χ0) is 13.5. The lowest BCUT2D eigenvalue weighted by molar-refractivity contribution is 0.313. The van der Waals surface area contributed by atoms with Gasteiger partial charge in [0.2, 0.25) is 0 Å². The Kier molecular flexibility index (Phi) is 2.80. The van der Waals surface area contributed by atoms with E-state index in [0.717, 1.165) is 31.3 Å². The van der Waals surface area contributed by atoms with Crippen LogP contribution in [0.1, 0.15) is 29.7 Å². The lowest BCUT2D eigenvalue weighted by Gasteiger charge is -2.27. The monoisotopic (exact) mass is 269 g/mol. The molecule has 0 amide bonds. The maximum atomic E-state index is 4.31. The molecule has 20 heavy (non-hydrogen) atoms. The van der Waals surface area contributed by atoms with Crippen molar-refractivity contribution >= 4 is 0 Å². The minimum atomic E-state index is 0.565. The zero-order valence-electron chi connectivity index (χ0n) is 11.7. The van der Waals surface area contributed by atoms with Gasteiger partial charge in [-0.25, -0.2) is 0 Å². The van der Waals surface area contributed by atoms with E-state index >= 15 is 0 Å². The summed E-state index contributed by atoms with van der Waals surface area (Å²) in [4.78, 5) is 6.64. The average Bonchev–Trinajstić information content (AvgIpc) is 3.03. The van der Waals surface area contributed by atoms with Crippen molar-refractivity contribution in [3.05, 3.63) is 41.7 Å². The molecule has 2 aliphatic heterocycles. The highest BCUT2D eigenvalue weighted by molar-refractivity contribution is 5.11. The Morgan fingerprint density at radius 2 is 2.05 bits per heavy atom. The predicted molar refractivity (Wildman–Crippen MR) is 75.1 cm³/mol. The van der Waals surface area contributed by atoms with Gasteiger partial charge in [-0.15, -0.1) is 10.2 Å². The van der Waals surface area contributed by atoms with E-state index in [9.17, 15) is 0 Å². The molecule has 2 aromatic heterocycles. The van der Waals surface area contributed by atoms with Gasteiger partial charge < -0.3 is 4.57 Å². The van der Waals surface area contributed by atoms with Crippen LogP contribution in [0.15, 0.2) is 24.5 Å². The summed E-state index contributed by atoms with van der Waals surface area (Å²) in [5.41, 5.74) is 1.35. The summed E-state index contributed by atoms with van der Waals surface area (Å²) in [6.45, 7) is 5.39. The van der Waals surface area contributed by atoms with E-state index in [1.165, 1.54) is 24.4 Å². The number of hydrogen-bond acceptors (Lipinski definition) is 4. The van der Waals surface area contributed by atoms with Crippen LogP contribution in [0.25, 0.3) is 0 Å². The molecule has 2 aliphatic rings. The molecule has 2 atom stereocenters. The van der Waals surface area contributed by atoms with Crippen molar-refractivity contribution in [2.24, 2.45) is 5.92 Å². The van der Waals surface area contributed by atoms with Crippen molar-refractivity contribution in [3.8, 4) is 0 Å². The molecule has 0 unspecified atom stereocenters. The van der Waals surface area contributed by atoms with Crippen molar-refractivity contribution in [1.29, 1.82) is 0 Å². The molecule has 5 heteroatoms. The Morgan fingerprint density at radius 3 is 2.90 bits per heavy atom. The molecule has 0 aromatic carbocycles. The van der Waals surface area contributed by atoms with Crippen LogP contribution in [-0.4, -0.2) is 37.7 Å². The molecule has 4 rings (SSSR count). The van der Waals surface area contributed by atoms with Gasteiger partial charge in [0.1, 0.15) is 11.6 Å². The summed E-state index contributed by atoms with van der Waals surface area (Å²) >= 11 is 0. The van der Waals surface area contributed by atoms with Crippen molar-refractivity contribution < 1.29 is 0 Å². The molecule has 4 heterocycles. The fourth-order valence-electron chi connectivity index (χ4n) is 3.72. The minimum Gasteiger partial charge on any atom is -0.310 e. The highest BCUT2D eigenvalue weighted by Crippen LogP contribution is 2.37. The molecule has 0 saturated carbocycles.